The molecule has 3 aromatic carbocycles. The van der Waals surface area contributed by atoms with Crippen molar-refractivity contribution in [2.45, 2.75) is 17.6 Å². The summed E-state index contributed by atoms with van der Waals surface area (Å²) in [4.78, 5) is 0. The van der Waals surface area contributed by atoms with Crippen LogP contribution in [0.2, 0.25) is 0 Å². The number of ether oxygens (including phenoxy) is 1. The zero-order valence-electron chi connectivity index (χ0n) is 15.7. The number of hydrogen-bond acceptors (Lipinski definition) is 3. The van der Waals surface area contributed by atoms with Crippen molar-refractivity contribution in [2.75, 3.05) is 19.4 Å². The number of fused-ring (bicyclic) bond motifs is 2. The SMILES string of the molecule is COc1ccc(C2(SCCN)c3ccccc3CCc3ccccc32)cc1. The maximum absolute atomic E-state index is 5.97. The molecule has 0 atom stereocenters. The van der Waals surface area contributed by atoms with Crippen molar-refractivity contribution in [1.29, 1.82) is 0 Å². The van der Waals surface area contributed by atoms with E-state index in [2.05, 4.69) is 72.8 Å². The monoisotopic (exact) mass is 375 g/mol. The zero-order valence-corrected chi connectivity index (χ0v) is 16.5. The molecule has 4 rings (SSSR count). The number of nitrogens with two attached hydrogens (primary N) is 1. The van der Waals surface area contributed by atoms with Gasteiger partial charge in [0, 0.05) is 12.3 Å². The van der Waals surface area contributed by atoms with Gasteiger partial charge in [0.05, 0.1) is 11.9 Å². The lowest BCUT2D eigenvalue weighted by molar-refractivity contribution is 0.414. The van der Waals surface area contributed by atoms with Crippen LogP contribution in [0.25, 0.3) is 0 Å². The van der Waals surface area contributed by atoms with Gasteiger partial charge in [0.1, 0.15) is 5.75 Å². The second-order valence-corrected chi connectivity index (χ2v) is 8.17. The third-order valence-corrected chi connectivity index (χ3v) is 6.94. The molecule has 3 heteroatoms. The predicted octanol–water partition coefficient (Wildman–Crippen LogP) is 4.78. The lowest BCUT2D eigenvalue weighted by atomic mass is 9.81. The molecular weight excluding hydrogens is 350 g/mol. The van der Waals surface area contributed by atoms with Crippen LogP contribution in [0, 0.1) is 0 Å². The van der Waals surface area contributed by atoms with Crippen LogP contribution < -0.4 is 10.5 Å². The molecule has 1 aliphatic carbocycles. The molecule has 2 N–H and O–H groups in total. The maximum atomic E-state index is 5.97. The average molecular weight is 376 g/mol. The van der Waals surface area contributed by atoms with Crippen LogP contribution in [0.15, 0.2) is 72.8 Å². The number of hydrogen-bond donors (Lipinski definition) is 1. The molecule has 0 unspecified atom stereocenters. The molecule has 1 aliphatic rings. The Bertz CT molecular complexity index is 872. The normalized spacial score (nSPS) is 14.7. The maximum Gasteiger partial charge on any atom is 0.118 e. The van der Waals surface area contributed by atoms with E-state index in [0.717, 1.165) is 24.3 Å². The number of thioether (sulfide) groups is 1. The Kier molecular flexibility index (Phi) is 5.24. The van der Waals surface area contributed by atoms with Gasteiger partial charge < -0.3 is 10.5 Å². The van der Waals surface area contributed by atoms with Crippen molar-refractivity contribution in [1.82, 2.24) is 0 Å². The average Bonchev–Trinajstić information content (AvgIpc) is 2.88. The third-order valence-electron chi connectivity index (χ3n) is 5.39. The standard InChI is InChI=1S/C24H25NOS/c1-26-21-14-12-20(13-15-21)24(27-17-16-25)22-8-4-2-6-18(22)10-11-19-7-3-5-9-23(19)24/h2-9,12-15H,10-11,16-17,25H2,1H3. The van der Waals surface area contributed by atoms with Gasteiger partial charge in [-0.3, -0.25) is 0 Å². The van der Waals surface area contributed by atoms with Gasteiger partial charge in [-0.15, -0.1) is 11.8 Å². The van der Waals surface area contributed by atoms with Crippen LogP contribution in [0.4, 0.5) is 0 Å². The fourth-order valence-electron chi connectivity index (χ4n) is 4.17. The quantitative estimate of drug-likeness (QED) is 0.697. The topological polar surface area (TPSA) is 35.2 Å². The highest BCUT2D eigenvalue weighted by Gasteiger charge is 2.41. The molecule has 0 amide bonds. The van der Waals surface area contributed by atoms with Gasteiger partial charge in [-0.2, -0.15) is 0 Å². The van der Waals surface area contributed by atoms with Crippen molar-refractivity contribution >= 4 is 11.8 Å². The van der Waals surface area contributed by atoms with Crippen LogP contribution >= 0.6 is 11.8 Å². The van der Waals surface area contributed by atoms with Crippen molar-refractivity contribution in [3.63, 3.8) is 0 Å². The molecule has 0 aromatic heterocycles. The van der Waals surface area contributed by atoms with Crippen LogP contribution in [-0.4, -0.2) is 19.4 Å². The molecule has 0 radical (unpaired) electrons. The fraction of sp³-hybridized carbons (Fsp3) is 0.250. The minimum absolute atomic E-state index is 0.255. The van der Waals surface area contributed by atoms with Crippen molar-refractivity contribution in [2.24, 2.45) is 5.73 Å². The van der Waals surface area contributed by atoms with E-state index in [1.807, 2.05) is 11.8 Å². The van der Waals surface area contributed by atoms with Gasteiger partial charge in [0.15, 0.2) is 0 Å². The predicted molar refractivity (Wildman–Crippen MR) is 115 cm³/mol. The van der Waals surface area contributed by atoms with Gasteiger partial charge in [0.2, 0.25) is 0 Å². The molecule has 0 aliphatic heterocycles. The summed E-state index contributed by atoms with van der Waals surface area (Å²) < 4.78 is 5.15. The van der Waals surface area contributed by atoms with Crippen molar-refractivity contribution in [3.8, 4) is 5.75 Å². The van der Waals surface area contributed by atoms with E-state index < -0.39 is 0 Å². The molecule has 0 bridgehead atoms. The summed E-state index contributed by atoms with van der Waals surface area (Å²) in [5.41, 5.74) is 12.9. The van der Waals surface area contributed by atoms with Gasteiger partial charge in [-0.05, 0) is 52.8 Å². The first-order valence-corrected chi connectivity index (χ1v) is 10.4. The van der Waals surface area contributed by atoms with E-state index in [4.69, 9.17) is 10.5 Å². The van der Waals surface area contributed by atoms with Crippen LogP contribution in [0.3, 0.4) is 0 Å². The third kappa shape index (κ3) is 3.15. The summed E-state index contributed by atoms with van der Waals surface area (Å²) in [5.74, 6) is 1.78. The summed E-state index contributed by atoms with van der Waals surface area (Å²) in [6.07, 6.45) is 2.13. The number of rotatable bonds is 5. The molecule has 0 saturated carbocycles. The Morgan fingerprint density at radius 1 is 0.852 bits per heavy atom. The highest BCUT2D eigenvalue weighted by molar-refractivity contribution is 8.00. The molecule has 0 spiro atoms. The molecular formula is C24H25NOS. The number of benzene rings is 3. The Morgan fingerprint density at radius 2 is 1.41 bits per heavy atom. The van der Waals surface area contributed by atoms with Gasteiger partial charge in [-0.1, -0.05) is 60.7 Å². The lowest BCUT2D eigenvalue weighted by Crippen LogP contribution is -2.28. The Morgan fingerprint density at radius 3 is 1.93 bits per heavy atom. The van der Waals surface area contributed by atoms with Crippen LogP contribution in [-0.2, 0) is 17.6 Å². The second kappa shape index (κ2) is 7.79. The summed E-state index contributed by atoms with van der Waals surface area (Å²) in [5, 5.41) is 0. The number of aryl methyl sites for hydroxylation is 2. The molecule has 138 valence electrons. The lowest BCUT2D eigenvalue weighted by Gasteiger charge is -2.37. The first-order valence-electron chi connectivity index (χ1n) is 9.45. The Hall–Kier alpha value is -2.23. The van der Waals surface area contributed by atoms with E-state index in [1.165, 1.54) is 27.8 Å². The van der Waals surface area contributed by atoms with E-state index in [1.54, 1.807) is 7.11 Å². The van der Waals surface area contributed by atoms with E-state index in [9.17, 15) is 0 Å². The Balaban J connectivity index is 2.03. The molecule has 0 heterocycles. The molecule has 2 nitrogen and oxygen atoms in total. The highest BCUT2D eigenvalue weighted by Crippen LogP contribution is 2.52. The summed E-state index contributed by atoms with van der Waals surface area (Å²) in [6, 6.07) is 26.3. The van der Waals surface area contributed by atoms with Crippen molar-refractivity contribution < 1.29 is 4.74 Å². The summed E-state index contributed by atoms with van der Waals surface area (Å²) >= 11 is 1.94. The highest BCUT2D eigenvalue weighted by atomic mass is 32.2. The molecule has 3 aromatic rings. The second-order valence-electron chi connectivity index (χ2n) is 6.86. The zero-order chi connectivity index (χ0) is 18.7. The largest absolute Gasteiger partial charge is 0.497 e. The number of methoxy groups -OCH3 is 1. The minimum atomic E-state index is -0.255. The van der Waals surface area contributed by atoms with E-state index in [-0.39, 0.29) is 4.75 Å². The Labute approximate surface area is 165 Å². The smallest absolute Gasteiger partial charge is 0.118 e. The van der Waals surface area contributed by atoms with Gasteiger partial charge in [-0.25, -0.2) is 0 Å². The first-order chi connectivity index (χ1) is 13.3. The molecule has 0 fully saturated rings. The minimum Gasteiger partial charge on any atom is -0.497 e. The summed E-state index contributed by atoms with van der Waals surface area (Å²) in [6.45, 7) is 0.660. The van der Waals surface area contributed by atoms with E-state index in [0.29, 0.717) is 6.54 Å². The summed E-state index contributed by atoms with van der Waals surface area (Å²) in [7, 11) is 1.71. The van der Waals surface area contributed by atoms with E-state index >= 15 is 0 Å². The fourth-order valence-corrected chi connectivity index (χ4v) is 5.60. The molecule has 27 heavy (non-hydrogen) atoms. The van der Waals surface area contributed by atoms with Gasteiger partial charge in [0.25, 0.3) is 0 Å². The molecule has 0 saturated heterocycles. The van der Waals surface area contributed by atoms with Crippen LogP contribution in [0.5, 0.6) is 5.75 Å². The van der Waals surface area contributed by atoms with Crippen LogP contribution in [0.1, 0.15) is 27.8 Å². The van der Waals surface area contributed by atoms with Crippen molar-refractivity contribution in [3.05, 3.63) is 101 Å². The van der Waals surface area contributed by atoms with Gasteiger partial charge >= 0.3 is 0 Å². The first kappa shape index (κ1) is 18.1.